The van der Waals surface area contributed by atoms with E-state index in [1.54, 1.807) is 0 Å². The Morgan fingerprint density at radius 2 is 1.41 bits per heavy atom. The van der Waals surface area contributed by atoms with Crippen molar-refractivity contribution in [3.8, 4) is 0 Å². The molecule has 98 valence electrons. The van der Waals surface area contributed by atoms with Crippen molar-refractivity contribution in [2.75, 3.05) is 0 Å². The van der Waals surface area contributed by atoms with E-state index in [1.807, 2.05) is 61.5 Å². The van der Waals surface area contributed by atoms with Gasteiger partial charge in [-0.15, -0.1) is 0 Å². The molecule has 0 radical (unpaired) electrons. The van der Waals surface area contributed by atoms with Crippen molar-refractivity contribution in [1.29, 1.82) is 0 Å². The average molecular weight is 236 g/mol. The Labute approximate surface area is 106 Å². The monoisotopic (exact) mass is 236 g/mol. The van der Waals surface area contributed by atoms with Crippen LogP contribution in [0.2, 0.25) is 0 Å². The molecule has 2 aromatic heterocycles. The first-order valence-corrected chi connectivity index (χ1v) is 6.69. The largest absolute Gasteiger partial charge is 0.344 e. The number of rotatable bonds is 0. The number of aromatic amines is 1. The van der Waals surface area contributed by atoms with E-state index in [2.05, 4.69) is 22.1 Å². The SMILES string of the molecule is CC.CC.CC.Cc1ccc2cc(C)[nH]c2n1. The van der Waals surface area contributed by atoms with E-state index in [9.17, 15) is 0 Å². The molecule has 0 saturated heterocycles. The van der Waals surface area contributed by atoms with Gasteiger partial charge in [0.25, 0.3) is 0 Å². The summed E-state index contributed by atoms with van der Waals surface area (Å²) in [6.45, 7) is 16.0. The van der Waals surface area contributed by atoms with Crippen molar-refractivity contribution in [2.45, 2.75) is 55.4 Å². The summed E-state index contributed by atoms with van der Waals surface area (Å²) in [7, 11) is 0. The van der Waals surface area contributed by atoms with Crippen LogP contribution in [0.25, 0.3) is 11.0 Å². The minimum atomic E-state index is 0.988. The molecule has 17 heavy (non-hydrogen) atoms. The van der Waals surface area contributed by atoms with E-state index in [0.717, 1.165) is 17.0 Å². The molecule has 2 rings (SSSR count). The maximum absolute atomic E-state index is 4.34. The molecule has 0 spiro atoms. The minimum absolute atomic E-state index is 0.988. The molecule has 0 aliphatic rings. The first-order valence-electron chi connectivity index (χ1n) is 6.69. The number of hydrogen-bond donors (Lipinski definition) is 1. The highest BCUT2D eigenvalue weighted by Crippen LogP contribution is 2.12. The molecule has 2 heteroatoms. The highest BCUT2D eigenvalue weighted by Gasteiger charge is 1.96. The standard InChI is InChI=1S/C9H10N2.3C2H6/c1-6-3-4-8-5-7(2)11-9(8)10-6;3*1-2/h3-5H,1-2H3,(H,10,11);3*1-2H3. The van der Waals surface area contributed by atoms with Gasteiger partial charge in [-0.1, -0.05) is 41.5 Å². The van der Waals surface area contributed by atoms with Crippen LogP contribution >= 0.6 is 0 Å². The van der Waals surface area contributed by atoms with Crippen molar-refractivity contribution in [2.24, 2.45) is 0 Å². The normalized spacial score (nSPS) is 8.00. The number of nitrogens with one attached hydrogen (secondary N) is 1. The van der Waals surface area contributed by atoms with Crippen molar-refractivity contribution in [3.05, 3.63) is 29.6 Å². The van der Waals surface area contributed by atoms with E-state index in [1.165, 1.54) is 5.39 Å². The Morgan fingerprint density at radius 1 is 0.882 bits per heavy atom. The smallest absolute Gasteiger partial charge is 0.137 e. The fourth-order valence-corrected chi connectivity index (χ4v) is 1.24. The third-order valence-corrected chi connectivity index (χ3v) is 1.75. The molecule has 2 nitrogen and oxygen atoms in total. The molecule has 0 atom stereocenters. The summed E-state index contributed by atoms with van der Waals surface area (Å²) >= 11 is 0. The molecule has 0 amide bonds. The summed E-state index contributed by atoms with van der Waals surface area (Å²) in [6, 6.07) is 6.21. The van der Waals surface area contributed by atoms with Gasteiger partial charge < -0.3 is 4.98 Å². The number of fused-ring (bicyclic) bond motifs is 1. The Balaban J connectivity index is 0. The zero-order valence-electron chi connectivity index (χ0n) is 12.7. The van der Waals surface area contributed by atoms with E-state index in [0.29, 0.717) is 0 Å². The van der Waals surface area contributed by atoms with Crippen molar-refractivity contribution < 1.29 is 0 Å². The average Bonchev–Trinajstić information content (AvgIpc) is 2.76. The van der Waals surface area contributed by atoms with Crippen LogP contribution in [0.4, 0.5) is 0 Å². The molecule has 0 aliphatic heterocycles. The van der Waals surface area contributed by atoms with Gasteiger partial charge in [0.15, 0.2) is 0 Å². The molecule has 1 N–H and O–H groups in total. The molecule has 0 bridgehead atoms. The Bertz CT molecular complexity index is 389. The van der Waals surface area contributed by atoms with Crippen LogP contribution in [0.1, 0.15) is 52.9 Å². The molecule has 2 heterocycles. The predicted octanol–water partition coefficient (Wildman–Crippen LogP) is 5.26. The Kier molecular flexibility index (Phi) is 11.9. The zero-order chi connectivity index (χ0) is 13.8. The van der Waals surface area contributed by atoms with Crippen molar-refractivity contribution in [3.63, 3.8) is 0 Å². The first-order chi connectivity index (χ1) is 8.25. The van der Waals surface area contributed by atoms with Crippen molar-refractivity contribution >= 4 is 11.0 Å². The lowest BCUT2D eigenvalue weighted by Gasteiger charge is -1.89. The van der Waals surface area contributed by atoms with Crippen molar-refractivity contribution in [1.82, 2.24) is 9.97 Å². The van der Waals surface area contributed by atoms with Crippen LogP contribution in [0.15, 0.2) is 18.2 Å². The molecular formula is C15H28N2. The van der Waals surface area contributed by atoms with Gasteiger partial charge in [0.05, 0.1) is 0 Å². The van der Waals surface area contributed by atoms with Gasteiger partial charge in [0.1, 0.15) is 5.65 Å². The van der Waals surface area contributed by atoms with Crippen LogP contribution < -0.4 is 0 Å². The molecular weight excluding hydrogens is 208 g/mol. The van der Waals surface area contributed by atoms with E-state index < -0.39 is 0 Å². The maximum Gasteiger partial charge on any atom is 0.137 e. The summed E-state index contributed by atoms with van der Waals surface area (Å²) in [5.74, 6) is 0. The molecule has 0 aromatic carbocycles. The number of pyridine rings is 1. The van der Waals surface area contributed by atoms with Crippen LogP contribution in [-0.4, -0.2) is 9.97 Å². The number of nitrogens with zero attached hydrogens (tertiary/aromatic N) is 1. The number of aromatic nitrogens is 2. The third-order valence-electron chi connectivity index (χ3n) is 1.75. The molecule has 0 aliphatic carbocycles. The van der Waals surface area contributed by atoms with Gasteiger partial charge in [-0.05, 0) is 32.0 Å². The highest BCUT2D eigenvalue weighted by molar-refractivity contribution is 5.76. The first kappa shape index (κ1) is 18.1. The molecule has 0 unspecified atom stereocenters. The highest BCUT2D eigenvalue weighted by atomic mass is 14.9. The van der Waals surface area contributed by atoms with E-state index >= 15 is 0 Å². The van der Waals surface area contributed by atoms with Gasteiger partial charge >= 0.3 is 0 Å². The van der Waals surface area contributed by atoms with E-state index in [4.69, 9.17) is 0 Å². The van der Waals surface area contributed by atoms with Gasteiger partial charge in [0, 0.05) is 16.8 Å². The summed E-state index contributed by atoms with van der Waals surface area (Å²) in [6.07, 6.45) is 0. The lowest BCUT2D eigenvalue weighted by molar-refractivity contribution is 1.20. The lowest BCUT2D eigenvalue weighted by Crippen LogP contribution is -1.79. The summed E-state index contributed by atoms with van der Waals surface area (Å²) in [5, 5.41) is 1.19. The van der Waals surface area contributed by atoms with Gasteiger partial charge in [-0.25, -0.2) is 4.98 Å². The fourth-order valence-electron chi connectivity index (χ4n) is 1.24. The number of aryl methyl sites for hydroxylation is 2. The minimum Gasteiger partial charge on any atom is -0.344 e. The predicted molar refractivity (Wildman–Crippen MR) is 79.6 cm³/mol. The maximum atomic E-state index is 4.34. The lowest BCUT2D eigenvalue weighted by atomic mass is 10.3. The van der Waals surface area contributed by atoms with Gasteiger partial charge in [0.2, 0.25) is 0 Å². The summed E-state index contributed by atoms with van der Waals surface area (Å²) in [5.41, 5.74) is 3.21. The Hall–Kier alpha value is -1.31. The zero-order valence-corrected chi connectivity index (χ0v) is 12.7. The second-order valence-electron chi connectivity index (χ2n) is 2.84. The van der Waals surface area contributed by atoms with Crippen LogP contribution in [0.3, 0.4) is 0 Å². The molecule has 0 fully saturated rings. The second-order valence-corrected chi connectivity index (χ2v) is 2.84. The quantitative estimate of drug-likeness (QED) is 0.664. The number of H-pyrrole nitrogens is 1. The third kappa shape index (κ3) is 6.10. The van der Waals surface area contributed by atoms with Gasteiger partial charge in [-0.2, -0.15) is 0 Å². The fraction of sp³-hybridized carbons (Fsp3) is 0.533. The molecule has 2 aromatic rings. The molecule has 0 saturated carbocycles. The van der Waals surface area contributed by atoms with Crippen LogP contribution in [0.5, 0.6) is 0 Å². The Morgan fingerprint density at radius 3 is 1.94 bits per heavy atom. The van der Waals surface area contributed by atoms with Crippen LogP contribution in [0, 0.1) is 13.8 Å². The number of hydrogen-bond acceptors (Lipinski definition) is 1. The van der Waals surface area contributed by atoms with E-state index in [-0.39, 0.29) is 0 Å². The van der Waals surface area contributed by atoms with Gasteiger partial charge in [-0.3, -0.25) is 0 Å². The topological polar surface area (TPSA) is 28.7 Å². The summed E-state index contributed by atoms with van der Waals surface area (Å²) in [4.78, 5) is 7.53. The van der Waals surface area contributed by atoms with Crippen LogP contribution in [-0.2, 0) is 0 Å². The second kappa shape index (κ2) is 11.2. The summed E-state index contributed by atoms with van der Waals surface area (Å²) < 4.78 is 0.